The topological polar surface area (TPSA) is 20.2 Å². The van der Waals surface area contributed by atoms with E-state index in [9.17, 15) is 5.11 Å². The summed E-state index contributed by atoms with van der Waals surface area (Å²) in [5, 5.41) is 11.3. The lowest BCUT2D eigenvalue weighted by Crippen LogP contribution is -2.04. The van der Waals surface area contributed by atoms with E-state index >= 15 is 0 Å². The lowest BCUT2D eigenvalue weighted by Gasteiger charge is -2.16. The van der Waals surface area contributed by atoms with Crippen LogP contribution in [0.4, 0.5) is 0 Å². The Hall–Kier alpha value is -0.580. The van der Waals surface area contributed by atoms with E-state index < -0.39 is 6.10 Å². The minimum atomic E-state index is -0.628. The van der Waals surface area contributed by atoms with E-state index in [0.29, 0.717) is 5.02 Å². The number of hydrogen-bond acceptors (Lipinski definition) is 1. The predicted octanol–water partition coefficient (Wildman–Crippen LogP) is 5.15. The van der Waals surface area contributed by atoms with Crippen LogP contribution in [0.25, 0.3) is 0 Å². The molecule has 0 amide bonds. The zero-order valence-corrected chi connectivity index (χ0v) is 14.6. The Morgan fingerprint density at radius 3 is 2.40 bits per heavy atom. The molecule has 0 heterocycles. The first kappa shape index (κ1) is 15.8. The summed E-state index contributed by atoms with van der Waals surface area (Å²) in [4.78, 5) is 0. The van der Waals surface area contributed by atoms with E-state index in [4.69, 9.17) is 11.6 Å². The molecule has 0 saturated heterocycles. The molecule has 1 nitrogen and oxygen atoms in total. The Kier molecular flexibility index (Phi) is 5.47. The summed E-state index contributed by atoms with van der Waals surface area (Å²) in [6.07, 6.45) is 1.38. The minimum Gasteiger partial charge on any atom is -0.384 e. The first-order chi connectivity index (χ1) is 9.56. The van der Waals surface area contributed by atoms with Crippen LogP contribution in [0.1, 0.15) is 42.2 Å². The van der Waals surface area contributed by atoms with Gasteiger partial charge in [-0.15, -0.1) is 0 Å². The molecule has 2 aromatic carbocycles. The van der Waals surface area contributed by atoms with E-state index in [1.54, 1.807) is 0 Å². The molecule has 0 spiro atoms. The largest absolute Gasteiger partial charge is 0.384 e. The van der Waals surface area contributed by atoms with Crippen molar-refractivity contribution in [1.82, 2.24) is 0 Å². The van der Waals surface area contributed by atoms with Gasteiger partial charge >= 0.3 is 0 Å². The van der Waals surface area contributed by atoms with Gasteiger partial charge in [0, 0.05) is 8.59 Å². The summed E-state index contributed by atoms with van der Waals surface area (Å²) in [6.45, 7) is 4.30. The number of aliphatic hydroxyl groups excluding tert-OH is 1. The molecule has 1 N–H and O–H groups in total. The van der Waals surface area contributed by atoms with Gasteiger partial charge in [-0.3, -0.25) is 0 Å². The molecule has 2 rings (SSSR count). The minimum absolute atomic E-state index is 0.628. The molecule has 0 aromatic heterocycles. The molecule has 3 heteroatoms. The van der Waals surface area contributed by atoms with Gasteiger partial charge in [0.1, 0.15) is 6.10 Å². The van der Waals surface area contributed by atoms with E-state index in [-0.39, 0.29) is 0 Å². The van der Waals surface area contributed by atoms with E-state index in [2.05, 4.69) is 48.6 Å². The molecule has 106 valence electrons. The fourth-order valence-electron chi connectivity index (χ4n) is 2.39. The Labute approximate surface area is 139 Å². The molecule has 2 aromatic rings. The molecule has 20 heavy (non-hydrogen) atoms. The molecule has 0 aliphatic heterocycles. The number of hydrogen-bond donors (Lipinski definition) is 1. The standard InChI is InChI=1S/C17H18ClIO/c1-3-11-5-6-13(9-12(11)4-2)17(20)15-10-14(18)7-8-16(15)19/h5-10,17,20H,3-4H2,1-2H3. The van der Waals surface area contributed by atoms with Crippen molar-refractivity contribution < 1.29 is 5.11 Å². The summed E-state index contributed by atoms with van der Waals surface area (Å²) < 4.78 is 1.03. The summed E-state index contributed by atoms with van der Waals surface area (Å²) in [5.41, 5.74) is 4.45. The maximum absolute atomic E-state index is 10.6. The number of rotatable bonds is 4. The van der Waals surface area contributed by atoms with Crippen molar-refractivity contribution in [2.24, 2.45) is 0 Å². The first-order valence-electron chi connectivity index (χ1n) is 6.81. The molecule has 0 radical (unpaired) electrons. The fraction of sp³-hybridized carbons (Fsp3) is 0.294. The van der Waals surface area contributed by atoms with Crippen LogP contribution in [0.15, 0.2) is 36.4 Å². The predicted molar refractivity (Wildman–Crippen MR) is 93.4 cm³/mol. The molecular weight excluding hydrogens is 383 g/mol. The van der Waals surface area contributed by atoms with Gasteiger partial charge in [-0.05, 0) is 75.9 Å². The van der Waals surface area contributed by atoms with Crippen molar-refractivity contribution in [3.63, 3.8) is 0 Å². The summed E-state index contributed by atoms with van der Waals surface area (Å²) >= 11 is 8.27. The third-order valence-corrected chi connectivity index (χ3v) is 4.78. The third kappa shape index (κ3) is 3.35. The smallest absolute Gasteiger partial charge is 0.105 e. The number of aliphatic hydroxyl groups is 1. The van der Waals surface area contributed by atoms with Gasteiger partial charge in [0.25, 0.3) is 0 Å². The molecule has 1 atom stereocenters. The summed E-state index contributed by atoms with van der Waals surface area (Å²) in [5.74, 6) is 0. The van der Waals surface area contributed by atoms with Gasteiger partial charge in [0.15, 0.2) is 0 Å². The van der Waals surface area contributed by atoms with Crippen molar-refractivity contribution in [2.75, 3.05) is 0 Å². The van der Waals surface area contributed by atoms with Crippen LogP contribution in [0.3, 0.4) is 0 Å². The molecule has 0 aliphatic rings. The zero-order chi connectivity index (χ0) is 14.7. The van der Waals surface area contributed by atoms with E-state index in [1.165, 1.54) is 11.1 Å². The van der Waals surface area contributed by atoms with E-state index in [1.807, 2.05) is 24.3 Å². The average Bonchev–Trinajstić information content (AvgIpc) is 2.48. The zero-order valence-electron chi connectivity index (χ0n) is 11.7. The van der Waals surface area contributed by atoms with E-state index in [0.717, 1.165) is 27.5 Å². The van der Waals surface area contributed by atoms with Crippen molar-refractivity contribution >= 4 is 34.2 Å². The fourth-order valence-corrected chi connectivity index (χ4v) is 3.20. The second kappa shape index (κ2) is 6.92. The van der Waals surface area contributed by atoms with Gasteiger partial charge in [0.2, 0.25) is 0 Å². The van der Waals surface area contributed by atoms with Crippen LogP contribution in [0, 0.1) is 3.57 Å². The number of aryl methyl sites for hydroxylation is 2. The molecule has 0 bridgehead atoms. The Morgan fingerprint density at radius 1 is 1.05 bits per heavy atom. The van der Waals surface area contributed by atoms with Crippen molar-refractivity contribution in [2.45, 2.75) is 32.8 Å². The highest BCUT2D eigenvalue weighted by molar-refractivity contribution is 14.1. The molecule has 0 fully saturated rings. The van der Waals surface area contributed by atoms with Crippen molar-refractivity contribution in [3.05, 3.63) is 67.2 Å². The number of halogens is 2. The Morgan fingerprint density at radius 2 is 1.75 bits per heavy atom. The Balaban J connectivity index is 2.42. The normalized spacial score (nSPS) is 12.4. The highest BCUT2D eigenvalue weighted by Gasteiger charge is 2.15. The second-order valence-corrected chi connectivity index (χ2v) is 6.40. The molecular formula is C17H18ClIO. The van der Waals surface area contributed by atoms with Gasteiger partial charge in [0.05, 0.1) is 0 Å². The summed E-state index contributed by atoms with van der Waals surface area (Å²) in [6, 6.07) is 11.9. The molecule has 0 saturated carbocycles. The van der Waals surface area contributed by atoms with Gasteiger partial charge < -0.3 is 5.11 Å². The second-order valence-electron chi connectivity index (χ2n) is 4.80. The van der Waals surface area contributed by atoms with Gasteiger partial charge in [-0.25, -0.2) is 0 Å². The quantitative estimate of drug-likeness (QED) is 0.704. The highest BCUT2D eigenvalue weighted by Crippen LogP contribution is 2.29. The highest BCUT2D eigenvalue weighted by atomic mass is 127. The maximum Gasteiger partial charge on any atom is 0.105 e. The van der Waals surface area contributed by atoms with Crippen molar-refractivity contribution in [1.29, 1.82) is 0 Å². The first-order valence-corrected chi connectivity index (χ1v) is 8.27. The van der Waals surface area contributed by atoms with Crippen molar-refractivity contribution in [3.8, 4) is 0 Å². The monoisotopic (exact) mass is 400 g/mol. The maximum atomic E-state index is 10.6. The van der Waals surface area contributed by atoms with Crippen LogP contribution < -0.4 is 0 Å². The van der Waals surface area contributed by atoms with Crippen LogP contribution in [-0.2, 0) is 12.8 Å². The third-order valence-electron chi connectivity index (χ3n) is 3.56. The SMILES string of the molecule is CCc1ccc(C(O)c2cc(Cl)ccc2I)cc1CC. The van der Waals surface area contributed by atoms with Gasteiger partial charge in [-0.1, -0.05) is 43.6 Å². The lowest BCUT2D eigenvalue weighted by molar-refractivity contribution is 0.219. The lowest BCUT2D eigenvalue weighted by atomic mass is 9.95. The van der Waals surface area contributed by atoms with Crippen LogP contribution >= 0.6 is 34.2 Å². The molecule has 0 aliphatic carbocycles. The summed E-state index contributed by atoms with van der Waals surface area (Å²) in [7, 11) is 0. The average molecular weight is 401 g/mol. The molecule has 1 unspecified atom stereocenters. The van der Waals surface area contributed by atoms with Crippen LogP contribution in [0.5, 0.6) is 0 Å². The van der Waals surface area contributed by atoms with Gasteiger partial charge in [-0.2, -0.15) is 0 Å². The van der Waals surface area contributed by atoms with Crippen LogP contribution in [-0.4, -0.2) is 5.11 Å². The Bertz CT molecular complexity index is 610. The van der Waals surface area contributed by atoms with Crippen LogP contribution in [0.2, 0.25) is 5.02 Å². The number of benzene rings is 2.